The minimum atomic E-state index is -0.0298. The highest BCUT2D eigenvalue weighted by Gasteiger charge is 2.27. The first-order valence-electron chi connectivity index (χ1n) is 21.6. The maximum atomic E-state index is 8.79. The van der Waals surface area contributed by atoms with E-state index in [1.54, 1.807) is 11.8 Å². The Balaban J connectivity index is 0.000000170. The Morgan fingerprint density at radius 3 is 1.53 bits per heavy atom. The minimum absolute atomic E-state index is 0.0298. The van der Waals surface area contributed by atoms with Crippen molar-refractivity contribution < 1.29 is 24.1 Å². The molecule has 11 nitrogen and oxygen atoms in total. The van der Waals surface area contributed by atoms with Crippen LogP contribution in [0.2, 0.25) is 0 Å². The molecule has 5 heterocycles. The zero-order valence-corrected chi connectivity index (χ0v) is 36.2. The normalized spacial score (nSPS) is 19.3. The van der Waals surface area contributed by atoms with E-state index in [9.17, 15) is 0 Å². The predicted octanol–water partition coefficient (Wildman–Crippen LogP) is 7.26. The molecule has 9 rings (SSSR count). The summed E-state index contributed by atoms with van der Waals surface area (Å²) >= 11 is 3.61. The topological polar surface area (TPSA) is 94.8 Å². The summed E-state index contributed by atoms with van der Waals surface area (Å²) < 4.78 is 22.5. The smallest absolute Gasteiger partial charge is 0.157 e. The second-order valence-electron chi connectivity index (χ2n) is 15.3. The van der Waals surface area contributed by atoms with Crippen molar-refractivity contribution >= 4 is 46.6 Å². The van der Waals surface area contributed by atoms with Crippen LogP contribution in [0.1, 0.15) is 30.4 Å². The number of hydrogen-bond acceptors (Lipinski definition) is 13. The quantitative estimate of drug-likeness (QED) is 0.146. The summed E-state index contributed by atoms with van der Waals surface area (Å²) in [6.45, 7) is 13.8. The van der Waals surface area contributed by atoms with Crippen molar-refractivity contribution in [1.29, 1.82) is 0 Å². The molecule has 1 N–H and O–H groups in total. The number of rotatable bonds is 12. The third kappa shape index (κ3) is 11.6. The maximum absolute atomic E-state index is 8.79. The Morgan fingerprint density at radius 1 is 0.550 bits per heavy atom. The summed E-state index contributed by atoms with van der Waals surface area (Å²) in [5.41, 5.74) is 4.56. The van der Waals surface area contributed by atoms with Gasteiger partial charge in [-0.05, 0) is 55.7 Å². The number of hydrogen-bond donors (Lipinski definition) is 1. The molecule has 0 radical (unpaired) electrons. The van der Waals surface area contributed by atoms with Crippen LogP contribution in [0.3, 0.4) is 0 Å². The molecule has 0 amide bonds. The molecule has 13 heteroatoms. The number of piperazine rings is 2. The van der Waals surface area contributed by atoms with Crippen molar-refractivity contribution in [1.82, 2.24) is 19.6 Å². The lowest BCUT2D eigenvalue weighted by Crippen LogP contribution is -2.49. The number of aliphatic hydroxyl groups is 1. The molecule has 5 aliphatic heterocycles. The van der Waals surface area contributed by atoms with Gasteiger partial charge >= 0.3 is 0 Å². The highest BCUT2D eigenvalue weighted by Crippen LogP contribution is 2.42. The van der Waals surface area contributed by atoms with Gasteiger partial charge in [-0.3, -0.25) is 9.80 Å². The molecule has 4 aromatic carbocycles. The van der Waals surface area contributed by atoms with Gasteiger partial charge in [0.2, 0.25) is 0 Å². The fourth-order valence-electron chi connectivity index (χ4n) is 7.92. The molecule has 0 aromatic heterocycles. The second-order valence-corrected chi connectivity index (χ2v) is 17.4. The van der Waals surface area contributed by atoms with Crippen LogP contribution in [0.5, 0.6) is 0 Å². The van der Waals surface area contributed by atoms with Crippen LogP contribution in [0, 0.1) is 0 Å². The van der Waals surface area contributed by atoms with Gasteiger partial charge in [-0.15, -0.1) is 0 Å². The molecule has 4 aromatic rings. The number of para-hydroxylation sites is 2. The molecule has 1 unspecified atom stereocenters. The predicted molar refractivity (Wildman–Crippen MR) is 241 cm³/mol. The van der Waals surface area contributed by atoms with Gasteiger partial charge in [0.15, 0.2) is 6.29 Å². The molecule has 0 spiro atoms. The van der Waals surface area contributed by atoms with Crippen LogP contribution in [0.15, 0.2) is 127 Å². The van der Waals surface area contributed by atoms with Crippen LogP contribution < -0.4 is 0 Å². The molecule has 318 valence electrons. The Kier molecular flexibility index (Phi) is 16.0. The first-order chi connectivity index (χ1) is 29.7. The Hall–Kier alpha value is -3.76. The van der Waals surface area contributed by atoms with Crippen molar-refractivity contribution in [2.45, 2.75) is 45.1 Å². The summed E-state index contributed by atoms with van der Waals surface area (Å²) in [5, 5.41) is 8.79. The lowest BCUT2D eigenvalue weighted by atomic mass is 10.1. The van der Waals surface area contributed by atoms with Crippen LogP contribution in [-0.4, -0.2) is 154 Å². The minimum Gasteiger partial charge on any atom is -0.394 e. The van der Waals surface area contributed by atoms with E-state index < -0.39 is 0 Å². The molecular weight excluding hydrogens is 793 g/mol. The van der Waals surface area contributed by atoms with Crippen LogP contribution >= 0.6 is 23.5 Å². The van der Waals surface area contributed by atoms with E-state index in [0.717, 1.165) is 115 Å². The van der Waals surface area contributed by atoms with Gasteiger partial charge < -0.3 is 33.9 Å². The molecular formula is C47H58N6O5S2. The molecule has 0 bridgehead atoms. The van der Waals surface area contributed by atoms with E-state index in [1.807, 2.05) is 11.8 Å². The van der Waals surface area contributed by atoms with Gasteiger partial charge in [-0.1, -0.05) is 84.2 Å². The molecule has 0 saturated carbocycles. The summed E-state index contributed by atoms with van der Waals surface area (Å²) in [6, 6.07) is 34.0. The third-order valence-corrected chi connectivity index (χ3v) is 13.5. The van der Waals surface area contributed by atoms with Crippen LogP contribution in [0.4, 0.5) is 11.4 Å². The van der Waals surface area contributed by atoms with E-state index in [-0.39, 0.29) is 12.9 Å². The van der Waals surface area contributed by atoms with Crippen molar-refractivity contribution in [3.8, 4) is 0 Å². The average Bonchev–Trinajstić information content (AvgIpc) is 3.58. The Morgan fingerprint density at radius 2 is 1.03 bits per heavy atom. The van der Waals surface area contributed by atoms with E-state index in [4.69, 9.17) is 34.0 Å². The second kappa shape index (κ2) is 22.4. The van der Waals surface area contributed by atoms with Crippen molar-refractivity contribution in [2.75, 3.05) is 112 Å². The average molecular weight is 851 g/mol. The molecule has 60 heavy (non-hydrogen) atoms. The highest BCUT2D eigenvalue weighted by molar-refractivity contribution is 7.99. The Bertz CT molecular complexity index is 2030. The third-order valence-electron chi connectivity index (χ3n) is 11.2. The van der Waals surface area contributed by atoms with Crippen molar-refractivity contribution in [3.05, 3.63) is 108 Å². The standard InChI is InChI=1S/C26H33N3O3S.C21H25N3O2S/c1-3-9-23-21(7-1)26(27-22-8-2-4-10-24(22)33-23)29-14-12-28(13-15-29)16-18-30-19-20-32-25-11-5-6-17-31-25;25-14-16-26-15-13-23-9-11-24(12-10-23)21-17-5-1-3-7-19(17)27-20-8-4-2-6-18(20)22-21/h1-4,7-10,25H,5-6,11-20H2;1-8,25H,9-16H2. The summed E-state index contributed by atoms with van der Waals surface area (Å²) in [5.74, 6) is 2.18. The van der Waals surface area contributed by atoms with E-state index >= 15 is 0 Å². The SMILES string of the molecule is OCCOCCN1CCN(C2=Nc3ccccc3Sc3ccccc32)CC1.c1ccc2c(c1)N=C(N1CCN(CCOCCOC3CCCCO3)CC1)c1ccccc1S2. The number of fused-ring (bicyclic) bond motifs is 4. The lowest BCUT2D eigenvalue weighted by Gasteiger charge is -2.36. The van der Waals surface area contributed by atoms with Gasteiger partial charge in [0.25, 0.3) is 0 Å². The number of aliphatic imine (C=N–C) groups is 2. The van der Waals surface area contributed by atoms with Crippen LogP contribution in [-0.2, 0) is 18.9 Å². The van der Waals surface area contributed by atoms with E-state index in [0.29, 0.717) is 26.4 Å². The lowest BCUT2D eigenvalue weighted by molar-refractivity contribution is -0.169. The number of amidine groups is 2. The monoisotopic (exact) mass is 850 g/mol. The van der Waals surface area contributed by atoms with Gasteiger partial charge in [-0.25, -0.2) is 9.98 Å². The van der Waals surface area contributed by atoms with Crippen molar-refractivity contribution in [3.63, 3.8) is 0 Å². The fourth-order valence-corrected chi connectivity index (χ4v) is 9.96. The largest absolute Gasteiger partial charge is 0.394 e. The fraction of sp³-hybridized carbons (Fsp3) is 0.447. The zero-order chi connectivity index (χ0) is 40.8. The summed E-state index contributed by atoms with van der Waals surface area (Å²) in [6.07, 6.45) is 3.32. The molecule has 3 saturated heterocycles. The number of aliphatic hydroxyl groups excluding tert-OH is 1. The zero-order valence-electron chi connectivity index (χ0n) is 34.5. The van der Waals surface area contributed by atoms with Gasteiger partial charge in [0.05, 0.1) is 51.0 Å². The van der Waals surface area contributed by atoms with Crippen molar-refractivity contribution in [2.24, 2.45) is 9.98 Å². The molecule has 3 fully saturated rings. The highest BCUT2D eigenvalue weighted by atomic mass is 32.2. The Labute approximate surface area is 363 Å². The first-order valence-corrected chi connectivity index (χ1v) is 23.2. The maximum Gasteiger partial charge on any atom is 0.157 e. The molecule has 0 aliphatic carbocycles. The van der Waals surface area contributed by atoms with Crippen LogP contribution in [0.25, 0.3) is 0 Å². The number of ether oxygens (including phenoxy) is 4. The molecule has 5 aliphatic rings. The van der Waals surface area contributed by atoms with Gasteiger partial charge in [0, 0.05) is 103 Å². The number of nitrogens with zero attached hydrogens (tertiary/aromatic N) is 6. The summed E-state index contributed by atoms with van der Waals surface area (Å²) in [7, 11) is 0. The first kappa shape index (κ1) is 42.9. The number of benzene rings is 4. The van der Waals surface area contributed by atoms with Gasteiger partial charge in [0.1, 0.15) is 11.7 Å². The van der Waals surface area contributed by atoms with Gasteiger partial charge in [-0.2, -0.15) is 0 Å². The molecule has 1 atom stereocenters. The summed E-state index contributed by atoms with van der Waals surface area (Å²) in [4.78, 5) is 24.9. The van der Waals surface area contributed by atoms with E-state index in [2.05, 4.69) is 117 Å². The van der Waals surface area contributed by atoms with E-state index in [1.165, 1.54) is 37.1 Å².